The molecule has 1 saturated heterocycles. The highest BCUT2D eigenvalue weighted by atomic mass is 35.5. The van der Waals surface area contributed by atoms with Crippen LogP contribution in [0.2, 0.25) is 10.0 Å². The minimum Gasteiger partial charge on any atom is -0.496 e. The number of carbonyl (C=O) groups is 3. The fourth-order valence-electron chi connectivity index (χ4n) is 4.78. The Labute approximate surface area is 257 Å². The van der Waals surface area contributed by atoms with E-state index in [9.17, 15) is 14.4 Å². The van der Waals surface area contributed by atoms with Crippen LogP contribution in [0.4, 0.5) is 5.69 Å². The molecular weight excluding hydrogens is 593 g/mol. The van der Waals surface area contributed by atoms with Crippen molar-refractivity contribution in [2.24, 2.45) is 0 Å². The second-order valence-corrected chi connectivity index (χ2v) is 10.6. The molecule has 0 saturated carbocycles. The van der Waals surface area contributed by atoms with Crippen LogP contribution in [0, 0.1) is 0 Å². The summed E-state index contributed by atoms with van der Waals surface area (Å²) in [6.07, 6.45) is 4.12. The summed E-state index contributed by atoms with van der Waals surface area (Å²) in [7, 11) is 1.60. The molecule has 0 bridgehead atoms. The van der Waals surface area contributed by atoms with E-state index in [0.717, 1.165) is 23.7 Å². The molecule has 1 aliphatic rings. The predicted octanol–water partition coefficient (Wildman–Crippen LogP) is 5.44. The zero-order valence-corrected chi connectivity index (χ0v) is 24.5. The monoisotopic (exact) mass is 619 g/mol. The van der Waals surface area contributed by atoms with Crippen LogP contribution in [0.25, 0.3) is 22.4 Å². The number of nitrogens with one attached hydrogen (secondary N) is 3. The molecule has 0 radical (unpaired) electrons. The molecule has 1 fully saturated rings. The highest BCUT2D eigenvalue weighted by molar-refractivity contribution is 6.39. The van der Waals surface area contributed by atoms with Gasteiger partial charge in [-0.05, 0) is 36.8 Å². The maximum atomic E-state index is 12.8. The van der Waals surface area contributed by atoms with Crippen molar-refractivity contribution in [3.8, 4) is 28.1 Å². The molecule has 43 heavy (non-hydrogen) atoms. The fraction of sp³-hybridized carbons (Fsp3) is 0.194. The van der Waals surface area contributed by atoms with Gasteiger partial charge < -0.3 is 25.8 Å². The normalized spacial score (nSPS) is 14.3. The molecule has 1 atom stereocenters. The molecule has 5 rings (SSSR count). The van der Waals surface area contributed by atoms with E-state index >= 15 is 0 Å². The number of ether oxygens (including phenoxy) is 1. The van der Waals surface area contributed by atoms with Crippen LogP contribution >= 0.6 is 23.2 Å². The molecule has 4 N–H and O–H groups in total. The van der Waals surface area contributed by atoms with E-state index in [0.29, 0.717) is 52.8 Å². The number of carboxylic acids is 1. The summed E-state index contributed by atoms with van der Waals surface area (Å²) < 4.78 is 5.65. The van der Waals surface area contributed by atoms with Gasteiger partial charge in [-0.1, -0.05) is 47.5 Å². The van der Waals surface area contributed by atoms with Crippen molar-refractivity contribution in [1.82, 2.24) is 20.6 Å². The van der Waals surface area contributed by atoms with Gasteiger partial charge in [0.15, 0.2) is 0 Å². The third kappa shape index (κ3) is 6.77. The average molecular weight is 620 g/mol. The van der Waals surface area contributed by atoms with E-state index in [2.05, 4.69) is 25.9 Å². The second-order valence-electron chi connectivity index (χ2n) is 9.84. The number of halogens is 2. The van der Waals surface area contributed by atoms with Crippen molar-refractivity contribution < 1.29 is 24.2 Å². The molecule has 220 valence electrons. The lowest BCUT2D eigenvalue weighted by Gasteiger charge is -2.16. The number of benzene rings is 2. The zero-order valence-electron chi connectivity index (χ0n) is 23.0. The van der Waals surface area contributed by atoms with Crippen molar-refractivity contribution in [2.75, 3.05) is 19.0 Å². The summed E-state index contributed by atoms with van der Waals surface area (Å²) in [6.45, 7) is 1.23. The largest absolute Gasteiger partial charge is 0.496 e. The lowest BCUT2D eigenvalue weighted by atomic mass is 10.0. The number of hydrogen-bond donors (Lipinski definition) is 4. The van der Waals surface area contributed by atoms with Gasteiger partial charge in [-0.25, -0.2) is 4.79 Å². The summed E-state index contributed by atoms with van der Waals surface area (Å²) in [5.74, 6) is -0.939. The van der Waals surface area contributed by atoms with Crippen LogP contribution in [0.5, 0.6) is 5.75 Å². The Morgan fingerprint density at radius 1 is 1.07 bits per heavy atom. The number of nitrogens with zero attached hydrogens (tertiary/aromatic N) is 2. The summed E-state index contributed by atoms with van der Waals surface area (Å²) in [5, 5.41) is 18.7. The second kappa shape index (κ2) is 13.2. The Kier molecular flexibility index (Phi) is 9.20. The number of hydrogen-bond acceptors (Lipinski definition) is 7. The van der Waals surface area contributed by atoms with Gasteiger partial charge in [0.2, 0.25) is 5.91 Å². The van der Waals surface area contributed by atoms with Crippen LogP contribution in [0.1, 0.15) is 39.3 Å². The highest BCUT2D eigenvalue weighted by Gasteiger charge is 2.21. The quantitative estimate of drug-likeness (QED) is 0.184. The fourth-order valence-corrected chi connectivity index (χ4v) is 5.38. The highest BCUT2D eigenvalue weighted by Crippen LogP contribution is 2.41. The predicted molar refractivity (Wildman–Crippen MR) is 164 cm³/mol. The van der Waals surface area contributed by atoms with Crippen LogP contribution in [0.3, 0.4) is 0 Å². The van der Waals surface area contributed by atoms with Gasteiger partial charge in [0, 0.05) is 60.2 Å². The van der Waals surface area contributed by atoms with Gasteiger partial charge in [0.1, 0.15) is 11.4 Å². The molecule has 0 spiro atoms. The van der Waals surface area contributed by atoms with Gasteiger partial charge in [-0.15, -0.1) is 0 Å². The van der Waals surface area contributed by atoms with Crippen molar-refractivity contribution in [3.05, 3.63) is 93.9 Å². The van der Waals surface area contributed by atoms with E-state index in [1.54, 1.807) is 37.6 Å². The van der Waals surface area contributed by atoms with Gasteiger partial charge >= 0.3 is 5.97 Å². The maximum absolute atomic E-state index is 12.8. The van der Waals surface area contributed by atoms with E-state index in [1.807, 2.05) is 18.2 Å². The summed E-state index contributed by atoms with van der Waals surface area (Å²) >= 11 is 13.6. The number of anilines is 1. The van der Waals surface area contributed by atoms with E-state index in [1.165, 1.54) is 12.1 Å². The topological polar surface area (TPSA) is 143 Å². The Balaban J connectivity index is 1.36. The Hall–Kier alpha value is -4.51. The number of aromatic carboxylic acids is 1. The van der Waals surface area contributed by atoms with Crippen molar-refractivity contribution in [1.29, 1.82) is 0 Å². The molecule has 2 aromatic heterocycles. The van der Waals surface area contributed by atoms with Crippen LogP contribution < -0.4 is 20.7 Å². The van der Waals surface area contributed by atoms with Crippen molar-refractivity contribution >= 4 is 46.7 Å². The van der Waals surface area contributed by atoms with Crippen LogP contribution in [-0.4, -0.2) is 52.6 Å². The van der Waals surface area contributed by atoms with Crippen molar-refractivity contribution in [2.45, 2.75) is 25.4 Å². The van der Waals surface area contributed by atoms with Crippen LogP contribution in [-0.2, 0) is 11.3 Å². The Morgan fingerprint density at radius 2 is 1.88 bits per heavy atom. The molecule has 3 heterocycles. The third-order valence-electron chi connectivity index (χ3n) is 7.02. The standard InChI is InChI=1S/C31H27Cl2N5O5/c1-43-25-13-17(5-6-18(25)14-34-16-20-8-10-26(39)37-20)29-28(33)22(11-12-35-29)21-3-2-4-23(27(21)32)38-30(40)24-9-7-19(15-36-24)31(41)42/h2-7,9,11-13,15,20,34H,8,10,14,16H2,1H3,(H,37,39)(H,38,40)(H,41,42). The minimum atomic E-state index is -1.14. The molecule has 4 aromatic rings. The molecule has 12 heteroatoms. The number of carbonyl (C=O) groups excluding carboxylic acids is 2. The first-order valence-electron chi connectivity index (χ1n) is 13.4. The van der Waals surface area contributed by atoms with Gasteiger partial charge in [-0.2, -0.15) is 0 Å². The van der Waals surface area contributed by atoms with E-state index < -0.39 is 11.9 Å². The van der Waals surface area contributed by atoms with Crippen molar-refractivity contribution in [3.63, 3.8) is 0 Å². The summed E-state index contributed by atoms with van der Waals surface area (Å²) in [4.78, 5) is 43.7. The third-order valence-corrected chi connectivity index (χ3v) is 7.81. The maximum Gasteiger partial charge on any atom is 0.337 e. The number of pyridine rings is 2. The molecule has 10 nitrogen and oxygen atoms in total. The number of rotatable bonds is 10. The number of amides is 2. The summed E-state index contributed by atoms with van der Waals surface area (Å²) in [5.41, 5.74) is 3.74. The molecule has 1 aliphatic heterocycles. The first kappa shape index (κ1) is 30.0. The first-order chi connectivity index (χ1) is 20.7. The van der Waals surface area contributed by atoms with E-state index in [-0.39, 0.29) is 28.2 Å². The number of methoxy groups -OCH3 is 1. The lowest BCUT2D eigenvalue weighted by molar-refractivity contribution is -0.119. The smallest absolute Gasteiger partial charge is 0.337 e. The Bertz CT molecular complexity index is 1700. The number of carboxylic acid groups (broad SMARTS) is 1. The molecular formula is C31H27Cl2N5O5. The Morgan fingerprint density at radius 3 is 2.58 bits per heavy atom. The average Bonchev–Trinajstić information content (AvgIpc) is 3.43. The SMILES string of the molecule is COc1cc(-c2nccc(-c3cccc(NC(=O)c4ccc(C(=O)O)cn4)c3Cl)c2Cl)ccc1CNCC1CCC(=O)N1. The molecule has 2 amide bonds. The molecule has 1 unspecified atom stereocenters. The first-order valence-corrected chi connectivity index (χ1v) is 14.1. The number of aromatic nitrogens is 2. The molecule has 2 aromatic carbocycles. The molecule has 0 aliphatic carbocycles. The lowest BCUT2D eigenvalue weighted by Crippen LogP contribution is -2.35. The minimum absolute atomic E-state index is 0.0285. The zero-order chi connectivity index (χ0) is 30.5. The summed E-state index contributed by atoms with van der Waals surface area (Å²) in [6, 6.07) is 15.4. The van der Waals surface area contributed by atoms with E-state index in [4.69, 9.17) is 33.0 Å². The van der Waals surface area contributed by atoms with Gasteiger partial charge in [-0.3, -0.25) is 19.6 Å². The van der Waals surface area contributed by atoms with Gasteiger partial charge in [0.25, 0.3) is 5.91 Å². The van der Waals surface area contributed by atoms with Crippen LogP contribution in [0.15, 0.2) is 67.0 Å². The van der Waals surface area contributed by atoms with Gasteiger partial charge in [0.05, 0.1) is 34.1 Å².